The lowest BCUT2D eigenvalue weighted by molar-refractivity contribution is 0.590. The van der Waals surface area contributed by atoms with Crippen LogP contribution in [0.1, 0.15) is 32.0 Å². The summed E-state index contributed by atoms with van der Waals surface area (Å²) in [4.78, 5) is 6.71. The molecule has 0 amide bonds. The van der Waals surface area contributed by atoms with E-state index in [1.165, 1.54) is 5.56 Å². The standard InChI is InChI=1S/C16H18N2/c1-11-15(17-5)14(10-18-11)12-6-8-13(9-7-12)16(2,3)4/h6-10,18H,1-4H3. The van der Waals surface area contributed by atoms with E-state index in [9.17, 15) is 0 Å². The van der Waals surface area contributed by atoms with Crippen LogP contribution in [0.4, 0.5) is 5.69 Å². The zero-order valence-electron chi connectivity index (χ0n) is 11.3. The van der Waals surface area contributed by atoms with Crippen LogP contribution >= 0.6 is 0 Å². The van der Waals surface area contributed by atoms with Gasteiger partial charge < -0.3 is 4.98 Å². The van der Waals surface area contributed by atoms with Crippen LogP contribution < -0.4 is 0 Å². The molecule has 0 aliphatic heterocycles. The molecule has 0 fully saturated rings. The number of nitrogens with zero attached hydrogens (tertiary/aromatic N) is 1. The van der Waals surface area contributed by atoms with Gasteiger partial charge >= 0.3 is 0 Å². The number of rotatable bonds is 1. The highest BCUT2D eigenvalue weighted by atomic mass is 14.8. The Bertz CT molecular complexity index is 590. The average Bonchev–Trinajstić information content (AvgIpc) is 2.69. The Kier molecular flexibility index (Phi) is 3.00. The first kappa shape index (κ1) is 12.4. The maximum atomic E-state index is 7.24. The lowest BCUT2D eigenvalue weighted by atomic mass is 9.86. The maximum Gasteiger partial charge on any atom is 0.214 e. The Balaban J connectivity index is 2.45. The van der Waals surface area contributed by atoms with Gasteiger partial charge in [0.05, 0.1) is 6.57 Å². The number of H-pyrrole nitrogens is 1. The molecule has 2 nitrogen and oxygen atoms in total. The molecule has 1 aromatic heterocycles. The van der Waals surface area contributed by atoms with Crippen LogP contribution in [0, 0.1) is 13.5 Å². The number of hydrogen-bond acceptors (Lipinski definition) is 0. The van der Waals surface area contributed by atoms with E-state index in [1.54, 1.807) is 0 Å². The molecule has 0 aliphatic carbocycles. The fourth-order valence-corrected chi connectivity index (χ4v) is 2.03. The van der Waals surface area contributed by atoms with E-state index < -0.39 is 0 Å². The second-order valence-corrected chi connectivity index (χ2v) is 5.62. The predicted molar refractivity (Wildman–Crippen MR) is 75.9 cm³/mol. The molecule has 0 unspecified atom stereocenters. The van der Waals surface area contributed by atoms with E-state index in [-0.39, 0.29) is 5.41 Å². The molecule has 0 radical (unpaired) electrons. The highest BCUT2D eigenvalue weighted by molar-refractivity contribution is 5.80. The van der Waals surface area contributed by atoms with Crippen molar-refractivity contribution in [3.05, 3.63) is 53.1 Å². The van der Waals surface area contributed by atoms with Crippen molar-refractivity contribution >= 4 is 5.69 Å². The molecule has 0 bridgehead atoms. The van der Waals surface area contributed by atoms with Gasteiger partial charge in [0.1, 0.15) is 0 Å². The summed E-state index contributed by atoms with van der Waals surface area (Å²) < 4.78 is 0. The summed E-state index contributed by atoms with van der Waals surface area (Å²) in [5.74, 6) is 0. The van der Waals surface area contributed by atoms with Crippen molar-refractivity contribution in [2.75, 3.05) is 0 Å². The van der Waals surface area contributed by atoms with E-state index in [0.29, 0.717) is 0 Å². The van der Waals surface area contributed by atoms with Crippen molar-refractivity contribution in [2.24, 2.45) is 0 Å². The monoisotopic (exact) mass is 238 g/mol. The Hall–Kier alpha value is -2.01. The highest BCUT2D eigenvalue weighted by Gasteiger charge is 2.14. The van der Waals surface area contributed by atoms with Crippen LogP contribution in [0.25, 0.3) is 16.0 Å². The number of aryl methyl sites for hydroxylation is 1. The molecule has 1 heterocycles. The number of nitrogens with one attached hydrogen (secondary N) is 1. The third-order valence-corrected chi connectivity index (χ3v) is 3.22. The summed E-state index contributed by atoms with van der Waals surface area (Å²) in [6, 6.07) is 8.48. The van der Waals surface area contributed by atoms with Gasteiger partial charge in [-0.15, -0.1) is 0 Å². The van der Waals surface area contributed by atoms with Crippen molar-refractivity contribution in [2.45, 2.75) is 33.1 Å². The summed E-state index contributed by atoms with van der Waals surface area (Å²) in [5, 5.41) is 0. The third-order valence-electron chi connectivity index (χ3n) is 3.22. The van der Waals surface area contributed by atoms with Crippen molar-refractivity contribution < 1.29 is 0 Å². The lowest BCUT2D eigenvalue weighted by Gasteiger charge is -2.19. The van der Waals surface area contributed by atoms with Crippen LogP contribution in [-0.4, -0.2) is 4.98 Å². The Morgan fingerprint density at radius 3 is 2.22 bits per heavy atom. The summed E-state index contributed by atoms with van der Waals surface area (Å²) in [6.45, 7) is 15.8. The minimum Gasteiger partial charge on any atom is -0.375 e. The molecular weight excluding hydrogens is 220 g/mol. The molecule has 0 saturated heterocycles. The molecule has 0 saturated carbocycles. The van der Waals surface area contributed by atoms with E-state index in [2.05, 4.69) is 54.9 Å². The third kappa shape index (κ3) is 2.17. The number of benzene rings is 1. The van der Waals surface area contributed by atoms with Gasteiger partial charge in [0.15, 0.2) is 0 Å². The first-order valence-electron chi connectivity index (χ1n) is 6.10. The van der Waals surface area contributed by atoms with Gasteiger partial charge in [-0.05, 0) is 29.7 Å². The Morgan fingerprint density at radius 1 is 1.11 bits per heavy atom. The zero-order chi connectivity index (χ0) is 13.3. The fourth-order valence-electron chi connectivity index (χ4n) is 2.03. The van der Waals surface area contributed by atoms with E-state index in [0.717, 1.165) is 22.5 Å². The number of aromatic nitrogens is 1. The molecule has 2 heteroatoms. The van der Waals surface area contributed by atoms with Gasteiger partial charge in [-0.25, -0.2) is 4.85 Å². The van der Waals surface area contributed by atoms with E-state index in [1.807, 2.05) is 13.1 Å². The van der Waals surface area contributed by atoms with Gasteiger partial charge in [-0.2, -0.15) is 0 Å². The van der Waals surface area contributed by atoms with Crippen LogP contribution in [0.3, 0.4) is 0 Å². The van der Waals surface area contributed by atoms with Crippen molar-refractivity contribution in [3.63, 3.8) is 0 Å². The summed E-state index contributed by atoms with van der Waals surface area (Å²) in [5.41, 5.74) is 5.21. The normalized spacial score (nSPS) is 11.3. The molecule has 1 aromatic carbocycles. The topological polar surface area (TPSA) is 20.1 Å². The van der Waals surface area contributed by atoms with Crippen molar-refractivity contribution in [1.29, 1.82) is 0 Å². The largest absolute Gasteiger partial charge is 0.375 e. The van der Waals surface area contributed by atoms with Crippen molar-refractivity contribution in [1.82, 2.24) is 4.98 Å². The van der Waals surface area contributed by atoms with Gasteiger partial charge in [-0.1, -0.05) is 45.0 Å². The van der Waals surface area contributed by atoms with E-state index in [4.69, 9.17) is 6.57 Å². The SMILES string of the molecule is [C-]#[N+]c1c(-c2ccc(C(C)(C)C)cc2)c[nH]c1C. The molecule has 0 spiro atoms. The molecule has 18 heavy (non-hydrogen) atoms. The van der Waals surface area contributed by atoms with Gasteiger partial charge in [0.25, 0.3) is 0 Å². The van der Waals surface area contributed by atoms with E-state index >= 15 is 0 Å². The fraction of sp³-hybridized carbons (Fsp3) is 0.312. The van der Waals surface area contributed by atoms with Crippen LogP contribution in [0.15, 0.2) is 30.5 Å². The Morgan fingerprint density at radius 2 is 1.72 bits per heavy atom. The number of aromatic amines is 1. The quantitative estimate of drug-likeness (QED) is 0.686. The predicted octanol–water partition coefficient (Wildman–Crippen LogP) is 4.84. The summed E-state index contributed by atoms with van der Waals surface area (Å²) in [7, 11) is 0. The Labute approximate surface area is 108 Å². The molecule has 0 atom stereocenters. The van der Waals surface area contributed by atoms with Gasteiger partial charge in [0, 0.05) is 11.3 Å². The highest BCUT2D eigenvalue weighted by Crippen LogP contribution is 2.34. The second kappa shape index (κ2) is 4.34. The molecule has 92 valence electrons. The maximum absolute atomic E-state index is 7.24. The lowest BCUT2D eigenvalue weighted by Crippen LogP contribution is -2.10. The zero-order valence-corrected chi connectivity index (χ0v) is 11.3. The second-order valence-electron chi connectivity index (χ2n) is 5.62. The molecule has 2 rings (SSSR count). The minimum atomic E-state index is 0.162. The smallest absolute Gasteiger partial charge is 0.214 e. The van der Waals surface area contributed by atoms with Gasteiger partial charge in [0.2, 0.25) is 5.69 Å². The molecular formula is C16H18N2. The van der Waals surface area contributed by atoms with Crippen LogP contribution in [0.2, 0.25) is 0 Å². The summed E-state index contributed by atoms with van der Waals surface area (Å²) >= 11 is 0. The molecule has 1 N–H and O–H groups in total. The average molecular weight is 238 g/mol. The molecule has 0 aliphatic rings. The van der Waals surface area contributed by atoms with Gasteiger partial charge in [-0.3, -0.25) is 0 Å². The summed E-state index contributed by atoms with van der Waals surface area (Å²) in [6.07, 6.45) is 1.91. The van der Waals surface area contributed by atoms with Crippen LogP contribution in [-0.2, 0) is 5.41 Å². The first-order chi connectivity index (χ1) is 8.43. The minimum absolute atomic E-state index is 0.162. The molecule has 2 aromatic rings. The van der Waals surface area contributed by atoms with Crippen LogP contribution in [0.5, 0.6) is 0 Å². The number of hydrogen-bond donors (Lipinski definition) is 1. The first-order valence-corrected chi connectivity index (χ1v) is 6.10. The van der Waals surface area contributed by atoms with Crippen molar-refractivity contribution in [3.8, 4) is 11.1 Å².